The highest BCUT2D eigenvalue weighted by molar-refractivity contribution is 5.78. The molecule has 1 aliphatic rings. The quantitative estimate of drug-likeness (QED) is 0.749. The normalized spacial score (nSPS) is 19.3. The lowest BCUT2D eigenvalue weighted by atomic mass is 9.83. The summed E-state index contributed by atoms with van der Waals surface area (Å²) in [4.78, 5) is 11.6. The zero-order valence-electron chi connectivity index (χ0n) is 11.6. The summed E-state index contributed by atoms with van der Waals surface area (Å²) in [6, 6.07) is 0. The number of carbonyl (C=O) groups excluding carboxylic acids is 1. The molecule has 3 heteroatoms. The smallest absolute Gasteiger partial charge is 0.233 e. The van der Waals surface area contributed by atoms with Crippen LogP contribution in [0.4, 0.5) is 0 Å². The van der Waals surface area contributed by atoms with Gasteiger partial charge in [0.25, 0.3) is 0 Å². The molecular weight excluding hydrogens is 212 g/mol. The number of amides is 1. The fraction of sp³-hybridized carbons (Fsp3) is 0.929. The average molecular weight is 240 g/mol. The lowest BCUT2D eigenvalue weighted by Gasteiger charge is -2.34. The molecule has 3 nitrogen and oxygen atoms in total. The summed E-state index contributed by atoms with van der Waals surface area (Å²) in [5.41, 5.74) is 0.188. The number of rotatable bonds is 6. The van der Waals surface area contributed by atoms with Crippen LogP contribution >= 0.6 is 0 Å². The van der Waals surface area contributed by atoms with Gasteiger partial charge < -0.3 is 10.6 Å². The van der Waals surface area contributed by atoms with Crippen LogP contribution in [-0.4, -0.2) is 24.5 Å². The third kappa shape index (κ3) is 6.06. The van der Waals surface area contributed by atoms with Gasteiger partial charge in [0.2, 0.25) is 5.91 Å². The summed E-state index contributed by atoms with van der Waals surface area (Å²) in [6.45, 7) is 7.86. The second-order valence-corrected chi connectivity index (χ2v) is 6.01. The molecule has 0 saturated heterocycles. The molecule has 1 aliphatic carbocycles. The monoisotopic (exact) mass is 240 g/mol. The van der Waals surface area contributed by atoms with Gasteiger partial charge in [-0.3, -0.25) is 4.79 Å². The van der Waals surface area contributed by atoms with Crippen molar-refractivity contribution in [1.29, 1.82) is 0 Å². The molecule has 1 amide bonds. The Labute approximate surface area is 106 Å². The molecule has 0 aromatic carbocycles. The van der Waals surface area contributed by atoms with E-state index in [1.807, 2.05) is 0 Å². The first kappa shape index (κ1) is 14.5. The van der Waals surface area contributed by atoms with E-state index >= 15 is 0 Å². The molecule has 0 aromatic heterocycles. The molecule has 2 N–H and O–H groups in total. The van der Waals surface area contributed by atoms with Gasteiger partial charge in [-0.25, -0.2) is 0 Å². The largest absolute Gasteiger partial charge is 0.355 e. The van der Waals surface area contributed by atoms with Crippen molar-refractivity contribution in [2.45, 2.75) is 64.8 Å². The zero-order valence-corrected chi connectivity index (χ0v) is 11.6. The molecule has 0 spiro atoms. The molecule has 0 aromatic rings. The Kier molecular flexibility index (Phi) is 5.96. The fourth-order valence-corrected chi connectivity index (χ4v) is 2.37. The Morgan fingerprint density at radius 2 is 1.88 bits per heavy atom. The SMILES string of the molecule is CC(C)CCNC(=O)CNC1(C)CCCCC1. The van der Waals surface area contributed by atoms with Crippen LogP contribution in [0.5, 0.6) is 0 Å². The second kappa shape index (κ2) is 7.00. The van der Waals surface area contributed by atoms with Crippen molar-refractivity contribution >= 4 is 5.91 Å². The van der Waals surface area contributed by atoms with Crippen LogP contribution in [0.15, 0.2) is 0 Å². The summed E-state index contributed by atoms with van der Waals surface area (Å²) in [5, 5.41) is 6.39. The number of hydrogen-bond donors (Lipinski definition) is 2. The minimum atomic E-state index is 0.137. The van der Waals surface area contributed by atoms with Gasteiger partial charge >= 0.3 is 0 Å². The molecule has 0 atom stereocenters. The van der Waals surface area contributed by atoms with E-state index in [4.69, 9.17) is 0 Å². The molecule has 0 aliphatic heterocycles. The van der Waals surface area contributed by atoms with E-state index < -0.39 is 0 Å². The van der Waals surface area contributed by atoms with Crippen molar-refractivity contribution in [1.82, 2.24) is 10.6 Å². The Hall–Kier alpha value is -0.570. The standard InChI is InChI=1S/C14H28N2O/c1-12(2)7-10-15-13(17)11-16-14(3)8-5-4-6-9-14/h12,16H,4-11H2,1-3H3,(H,15,17). The minimum absolute atomic E-state index is 0.137. The lowest BCUT2D eigenvalue weighted by molar-refractivity contribution is -0.120. The third-order valence-electron chi connectivity index (χ3n) is 3.68. The summed E-state index contributed by atoms with van der Waals surface area (Å²) in [7, 11) is 0. The molecule has 0 heterocycles. The average Bonchev–Trinajstić information content (AvgIpc) is 2.27. The van der Waals surface area contributed by atoms with Gasteiger partial charge in [0.15, 0.2) is 0 Å². The highest BCUT2D eigenvalue weighted by Gasteiger charge is 2.26. The van der Waals surface area contributed by atoms with E-state index in [1.165, 1.54) is 32.1 Å². The maximum Gasteiger partial charge on any atom is 0.233 e. The van der Waals surface area contributed by atoms with Crippen molar-refractivity contribution in [3.05, 3.63) is 0 Å². The molecule has 1 fully saturated rings. The number of carbonyl (C=O) groups is 1. The van der Waals surface area contributed by atoms with Crippen LogP contribution in [0.25, 0.3) is 0 Å². The predicted molar refractivity (Wildman–Crippen MR) is 72.0 cm³/mol. The maximum atomic E-state index is 11.6. The van der Waals surface area contributed by atoms with Crippen molar-refractivity contribution in [2.24, 2.45) is 5.92 Å². The zero-order chi connectivity index (χ0) is 12.7. The highest BCUT2D eigenvalue weighted by atomic mass is 16.1. The van der Waals surface area contributed by atoms with Crippen molar-refractivity contribution in [2.75, 3.05) is 13.1 Å². The van der Waals surface area contributed by atoms with E-state index in [-0.39, 0.29) is 11.4 Å². The van der Waals surface area contributed by atoms with Crippen molar-refractivity contribution in [3.63, 3.8) is 0 Å². The summed E-state index contributed by atoms with van der Waals surface area (Å²) in [5.74, 6) is 0.788. The van der Waals surface area contributed by atoms with E-state index in [1.54, 1.807) is 0 Å². The van der Waals surface area contributed by atoms with E-state index in [9.17, 15) is 4.79 Å². The molecule has 0 unspecified atom stereocenters. The Balaban J connectivity index is 2.14. The Morgan fingerprint density at radius 3 is 2.47 bits per heavy atom. The number of hydrogen-bond acceptors (Lipinski definition) is 2. The van der Waals surface area contributed by atoms with Gasteiger partial charge in [-0.1, -0.05) is 33.1 Å². The molecule has 1 rings (SSSR count). The molecule has 0 radical (unpaired) electrons. The summed E-state index contributed by atoms with van der Waals surface area (Å²) < 4.78 is 0. The Morgan fingerprint density at radius 1 is 1.24 bits per heavy atom. The molecular formula is C14H28N2O. The van der Waals surface area contributed by atoms with Crippen LogP contribution in [0, 0.1) is 5.92 Å². The first-order valence-electron chi connectivity index (χ1n) is 7.03. The maximum absolute atomic E-state index is 11.6. The van der Waals surface area contributed by atoms with Gasteiger partial charge in [0.05, 0.1) is 6.54 Å². The van der Waals surface area contributed by atoms with Crippen LogP contribution in [0.3, 0.4) is 0 Å². The number of nitrogens with one attached hydrogen (secondary N) is 2. The highest BCUT2D eigenvalue weighted by Crippen LogP contribution is 2.27. The van der Waals surface area contributed by atoms with Crippen LogP contribution < -0.4 is 10.6 Å². The van der Waals surface area contributed by atoms with E-state index in [0.29, 0.717) is 12.5 Å². The predicted octanol–water partition coefficient (Wildman–Crippen LogP) is 2.46. The van der Waals surface area contributed by atoms with E-state index in [2.05, 4.69) is 31.4 Å². The van der Waals surface area contributed by atoms with Gasteiger partial charge in [-0.05, 0) is 32.1 Å². The van der Waals surface area contributed by atoms with Gasteiger partial charge in [0.1, 0.15) is 0 Å². The van der Waals surface area contributed by atoms with Crippen LogP contribution in [0.1, 0.15) is 59.3 Å². The summed E-state index contributed by atoms with van der Waals surface area (Å²) in [6.07, 6.45) is 7.39. The van der Waals surface area contributed by atoms with Crippen LogP contribution in [-0.2, 0) is 4.79 Å². The second-order valence-electron chi connectivity index (χ2n) is 6.01. The first-order chi connectivity index (χ1) is 8.02. The molecule has 1 saturated carbocycles. The van der Waals surface area contributed by atoms with Gasteiger partial charge in [-0.15, -0.1) is 0 Å². The molecule has 100 valence electrons. The lowest BCUT2D eigenvalue weighted by Crippen LogP contribution is -2.48. The molecule has 0 bridgehead atoms. The van der Waals surface area contributed by atoms with Gasteiger partial charge in [0, 0.05) is 12.1 Å². The topological polar surface area (TPSA) is 41.1 Å². The van der Waals surface area contributed by atoms with Crippen molar-refractivity contribution in [3.8, 4) is 0 Å². The van der Waals surface area contributed by atoms with E-state index in [0.717, 1.165) is 13.0 Å². The Bertz CT molecular complexity index is 232. The first-order valence-corrected chi connectivity index (χ1v) is 7.03. The molecule has 17 heavy (non-hydrogen) atoms. The van der Waals surface area contributed by atoms with Crippen molar-refractivity contribution < 1.29 is 4.79 Å². The third-order valence-corrected chi connectivity index (χ3v) is 3.68. The minimum Gasteiger partial charge on any atom is -0.355 e. The van der Waals surface area contributed by atoms with Crippen LogP contribution in [0.2, 0.25) is 0 Å². The fourth-order valence-electron chi connectivity index (χ4n) is 2.37. The summed E-state index contributed by atoms with van der Waals surface area (Å²) >= 11 is 0. The van der Waals surface area contributed by atoms with Gasteiger partial charge in [-0.2, -0.15) is 0 Å².